The number of hydrogen-bond donors (Lipinski definition) is 2. The smallest absolute Gasteiger partial charge is 0.407 e. The minimum absolute atomic E-state index is 0.148. The highest BCUT2D eigenvalue weighted by atomic mass is 16.6. The molecule has 2 N–H and O–H groups in total. The normalized spacial score (nSPS) is 21.3. The quantitative estimate of drug-likeness (QED) is 0.539. The third-order valence-corrected chi connectivity index (χ3v) is 4.69. The van der Waals surface area contributed by atoms with E-state index in [1.807, 2.05) is 30.3 Å². The molecule has 1 saturated carbocycles. The van der Waals surface area contributed by atoms with Crippen molar-refractivity contribution in [2.75, 3.05) is 6.61 Å². The Morgan fingerprint density at radius 2 is 1.63 bits per heavy atom. The minimum Gasteiger partial charge on any atom is -0.466 e. The molecule has 0 bridgehead atoms. The molecule has 30 heavy (non-hydrogen) atoms. The summed E-state index contributed by atoms with van der Waals surface area (Å²) in [5.41, 5.74) is 0.221. The zero-order valence-electron chi connectivity index (χ0n) is 18.1. The van der Waals surface area contributed by atoms with Gasteiger partial charge in [-0.25, -0.2) is 9.59 Å². The van der Waals surface area contributed by atoms with Gasteiger partial charge in [-0.1, -0.05) is 30.3 Å². The number of nitrogens with one attached hydrogen (secondary N) is 2. The van der Waals surface area contributed by atoms with Crippen LogP contribution in [-0.2, 0) is 25.6 Å². The zero-order chi connectivity index (χ0) is 22.1. The van der Waals surface area contributed by atoms with Gasteiger partial charge in [0.05, 0.1) is 24.6 Å². The molecule has 0 spiro atoms. The number of benzene rings is 1. The highest BCUT2D eigenvalue weighted by Crippen LogP contribution is 2.26. The van der Waals surface area contributed by atoms with Crippen molar-refractivity contribution >= 4 is 18.2 Å². The van der Waals surface area contributed by atoms with Crippen LogP contribution in [0.3, 0.4) is 0 Å². The van der Waals surface area contributed by atoms with Gasteiger partial charge in [0.15, 0.2) is 0 Å². The van der Waals surface area contributed by atoms with Gasteiger partial charge in [0.1, 0.15) is 12.2 Å². The molecular weight excluding hydrogens is 388 g/mol. The largest absolute Gasteiger partial charge is 0.466 e. The summed E-state index contributed by atoms with van der Waals surface area (Å²) >= 11 is 0. The van der Waals surface area contributed by atoms with Gasteiger partial charge >= 0.3 is 18.2 Å². The number of esters is 1. The maximum atomic E-state index is 12.3. The Morgan fingerprint density at radius 3 is 2.27 bits per heavy atom. The van der Waals surface area contributed by atoms with E-state index in [9.17, 15) is 14.4 Å². The number of carbonyl (C=O) groups excluding carboxylic acids is 3. The fourth-order valence-electron chi connectivity index (χ4n) is 3.35. The third kappa shape index (κ3) is 7.93. The first-order valence-electron chi connectivity index (χ1n) is 10.3. The first kappa shape index (κ1) is 23.5. The van der Waals surface area contributed by atoms with E-state index in [1.54, 1.807) is 27.7 Å². The summed E-state index contributed by atoms with van der Waals surface area (Å²) in [7, 11) is 0. The number of amides is 2. The van der Waals surface area contributed by atoms with Crippen molar-refractivity contribution in [3.8, 4) is 0 Å². The van der Waals surface area contributed by atoms with E-state index in [4.69, 9.17) is 14.2 Å². The SMILES string of the molecule is CCOC(=O)[C@H]1CC[C@H](NC(=O)OCc2ccccc2)[C@H](NC(=O)OC(C)(C)C)C1. The molecule has 0 unspecified atom stereocenters. The van der Waals surface area contributed by atoms with Crippen LogP contribution in [0, 0.1) is 5.92 Å². The van der Waals surface area contributed by atoms with Crippen LogP contribution < -0.4 is 10.6 Å². The van der Waals surface area contributed by atoms with Crippen LogP contribution in [0.1, 0.15) is 52.5 Å². The lowest BCUT2D eigenvalue weighted by molar-refractivity contribution is -0.149. The van der Waals surface area contributed by atoms with E-state index in [0.29, 0.717) is 25.9 Å². The maximum Gasteiger partial charge on any atom is 0.407 e. The molecule has 1 aliphatic rings. The second-order valence-electron chi connectivity index (χ2n) is 8.33. The maximum absolute atomic E-state index is 12.3. The molecule has 3 atom stereocenters. The van der Waals surface area contributed by atoms with Crippen molar-refractivity contribution in [1.29, 1.82) is 0 Å². The summed E-state index contributed by atoms with van der Waals surface area (Å²) in [4.78, 5) is 36.7. The van der Waals surface area contributed by atoms with Crippen molar-refractivity contribution in [2.24, 2.45) is 5.92 Å². The highest BCUT2D eigenvalue weighted by Gasteiger charge is 2.37. The zero-order valence-corrected chi connectivity index (χ0v) is 18.1. The van der Waals surface area contributed by atoms with Gasteiger partial charge in [-0.2, -0.15) is 0 Å². The standard InChI is InChI=1S/C22H32N2O6/c1-5-28-19(25)16-11-12-17(18(13-16)24-21(27)30-22(2,3)4)23-20(26)29-14-15-9-7-6-8-10-15/h6-10,16-18H,5,11-14H2,1-4H3,(H,23,26)(H,24,27)/t16-,17-,18+/m0/s1. The Kier molecular flexibility index (Phi) is 8.50. The molecule has 1 aromatic carbocycles. The fraction of sp³-hybridized carbons (Fsp3) is 0.591. The van der Waals surface area contributed by atoms with Crippen molar-refractivity contribution in [2.45, 2.75) is 71.2 Å². The summed E-state index contributed by atoms with van der Waals surface area (Å²) in [5.74, 6) is -0.637. The minimum atomic E-state index is -0.656. The van der Waals surface area contributed by atoms with E-state index in [1.165, 1.54) is 0 Å². The van der Waals surface area contributed by atoms with E-state index in [2.05, 4.69) is 10.6 Å². The summed E-state index contributed by atoms with van der Waals surface area (Å²) in [6.07, 6.45) is 0.233. The van der Waals surface area contributed by atoms with Gasteiger partial charge in [0.25, 0.3) is 0 Å². The van der Waals surface area contributed by atoms with Crippen LogP contribution in [0.15, 0.2) is 30.3 Å². The van der Waals surface area contributed by atoms with Gasteiger partial charge in [-0.3, -0.25) is 4.79 Å². The number of ether oxygens (including phenoxy) is 3. The molecule has 8 nitrogen and oxygen atoms in total. The van der Waals surface area contributed by atoms with Crippen molar-refractivity contribution in [3.05, 3.63) is 35.9 Å². The van der Waals surface area contributed by atoms with Crippen LogP contribution in [-0.4, -0.2) is 42.4 Å². The Morgan fingerprint density at radius 1 is 0.967 bits per heavy atom. The molecule has 1 fully saturated rings. The lowest BCUT2D eigenvalue weighted by Gasteiger charge is -2.36. The van der Waals surface area contributed by atoms with Gasteiger partial charge in [-0.05, 0) is 52.5 Å². The van der Waals surface area contributed by atoms with Crippen molar-refractivity contribution < 1.29 is 28.6 Å². The number of carbonyl (C=O) groups is 3. The average Bonchev–Trinajstić information content (AvgIpc) is 2.67. The Hall–Kier alpha value is -2.77. The van der Waals surface area contributed by atoms with Crippen LogP contribution in [0.2, 0.25) is 0 Å². The van der Waals surface area contributed by atoms with E-state index in [0.717, 1.165) is 5.56 Å². The molecule has 0 aromatic heterocycles. The Balaban J connectivity index is 1.98. The second-order valence-corrected chi connectivity index (χ2v) is 8.33. The molecule has 1 aliphatic carbocycles. The van der Waals surface area contributed by atoms with Gasteiger partial charge < -0.3 is 24.8 Å². The molecule has 166 valence electrons. The molecule has 2 rings (SSSR count). The van der Waals surface area contributed by atoms with Gasteiger partial charge in [0.2, 0.25) is 0 Å². The third-order valence-electron chi connectivity index (χ3n) is 4.69. The molecule has 0 saturated heterocycles. The van der Waals surface area contributed by atoms with Crippen molar-refractivity contribution in [1.82, 2.24) is 10.6 Å². The van der Waals surface area contributed by atoms with E-state index < -0.39 is 23.8 Å². The van der Waals surface area contributed by atoms with Gasteiger partial charge in [0, 0.05) is 0 Å². The van der Waals surface area contributed by atoms with Crippen molar-refractivity contribution in [3.63, 3.8) is 0 Å². The fourth-order valence-corrected chi connectivity index (χ4v) is 3.35. The Labute approximate surface area is 177 Å². The van der Waals surface area contributed by atoms with E-state index >= 15 is 0 Å². The van der Waals surface area contributed by atoms with Crippen LogP contribution in [0.25, 0.3) is 0 Å². The molecule has 8 heteroatoms. The van der Waals surface area contributed by atoms with E-state index in [-0.39, 0.29) is 24.5 Å². The molecule has 0 heterocycles. The van der Waals surface area contributed by atoms with Crippen LogP contribution >= 0.6 is 0 Å². The average molecular weight is 421 g/mol. The summed E-state index contributed by atoms with van der Waals surface area (Å²) < 4.78 is 15.7. The predicted molar refractivity (Wildman–Crippen MR) is 111 cm³/mol. The highest BCUT2D eigenvalue weighted by molar-refractivity contribution is 5.74. The van der Waals surface area contributed by atoms with Gasteiger partial charge in [-0.15, -0.1) is 0 Å². The topological polar surface area (TPSA) is 103 Å². The summed E-state index contributed by atoms with van der Waals surface area (Å²) in [6.45, 7) is 7.51. The molecular formula is C22H32N2O6. The summed E-state index contributed by atoms with van der Waals surface area (Å²) in [6, 6.07) is 8.49. The monoisotopic (exact) mass is 420 g/mol. The molecule has 0 aliphatic heterocycles. The molecule has 2 amide bonds. The first-order valence-corrected chi connectivity index (χ1v) is 10.3. The van der Waals surface area contributed by atoms with Crippen LogP contribution in [0.5, 0.6) is 0 Å². The lowest BCUT2D eigenvalue weighted by atomic mass is 9.82. The van der Waals surface area contributed by atoms with Crippen LogP contribution in [0.4, 0.5) is 9.59 Å². The first-order chi connectivity index (χ1) is 14.2. The Bertz CT molecular complexity index is 716. The predicted octanol–water partition coefficient (Wildman–Crippen LogP) is 3.54. The second kappa shape index (κ2) is 10.8. The molecule has 1 aromatic rings. The number of rotatable bonds is 6. The summed E-state index contributed by atoms with van der Waals surface area (Å²) in [5, 5.41) is 5.61. The number of hydrogen-bond acceptors (Lipinski definition) is 6. The lowest BCUT2D eigenvalue weighted by Crippen LogP contribution is -2.56. The number of alkyl carbamates (subject to hydrolysis) is 2. The molecule has 0 radical (unpaired) electrons.